The molecular weight excluding hydrogens is 586 g/mol. The lowest BCUT2D eigenvalue weighted by Gasteiger charge is -2.39. The molecule has 0 spiro atoms. The Morgan fingerprint density at radius 2 is 1.06 bits per heavy atom. The van der Waals surface area contributed by atoms with Crippen LogP contribution in [0.1, 0.15) is 213 Å². The molecule has 1 fully saturated rings. The van der Waals surface area contributed by atoms with Gasteiger partial charge in [0.2, 0.25) is 0 Å². The largest absolute Gasteiger partial charge is 0.460 e. The van der Waals surface area contributed by atoms with E-state index in [2.05, 4.69) is 20.8 Å². The SMILES string of the molecule is CCCCCCCCCCC(O)CCC(=O)CC1C(=O)OC(CCCCCCCCCC)CN1CC(O)CCCCCCCCCC. The average Bonchev–Trinajstić information content (AvgIpc) is 3.05. The molecule has 1 aliphatic rings. The molecular formula is C41H79NO5. The first-order chi connectivity index (χ1) is 22.9. The van der Waals surface area contributed by atoms with Crippen LogP contribution in [-0.2, 0) is 14.3 Å². The third-order valence-electron chi connectivity index (χ3n) is 10.2. The van der Waals surface area contributed by atoms with E-state index in [1.165, 1.54) is 116 Å². The Labute approximate surface area is 291 Å². The molecule has 0 aromatic rings. The maximum Gasteiger partial charge on any atom is 0.324 e. The first kappa shape index (κ1) is 44.0. The topological polar surface area (TPSA) is 87.1 Å². The fourth-order valence-electron chi connectivity index (χ4n) is 7.07. The lowest BCUT2D eigenvalue weighted by Crippen LogP contribution is -2.55. The van der Waals surface area contributed by atoms with Crippen LogP contribution in [0.2, 0.25) is 0 Å². The first-order valence-electron chi connectivity index (χ1n) is 20.7. The number of carbonyl (C=O) groups excluding carboxylic acids is 2. The number of morpholine rings is 1. The summed E-state index contributed by atoms with van der Waals surface area (Å²) in [6, 6.07) is -0.629. The molecule has 1 rings (SSSR count). The third-order valence-corrected chi connectivity index (χ3v) is 10.2. The van der Waals surface area contributed by atoms with E-state index in [4.69, 9.17) is 4.74 Å². The second-order valence-corrected chi connectivity index (χ2v) is 14.9. The third kappa shape index (κ3) is 24.8. The van der Waals surface area contributed by atoms with Crippen molar-refractivity contribution in [2.75, 3.05) is 13.1 Å². The maximum absolute atomic E-state index is 13.3. The molecule has 2 N–H and O–H groups in total. The number of hydrogen-bond acceptors (Lipinski definition) is 6. The van der Waals surface area contributed by atoms with E-state index in [0.29, 0.717) is 19.5 Å². The zero-order valence-electron chi connectivity index (χ0n) is 31.5. The number of ether oxygens (including phenoxy) is 1. The minimum absolute atomic E-state index is 0.00556. The molecule has 0 bridgehead atoms. The number of rotatable bonds is 34. The highest BCUT2D eigenvalue weighted by Crippen LogP contribution is 2.23. The Hall–Kier alpha value is -0.980. The number of aliphatic hydroxyl groups excluding tert-OH is 2. The smallest absolute Gasteiger partial charge is 0.324 e. The number of hydrogen-bond donors (Lipinski definition) is 2. The van der Waals surface area contributed by atoms with Crippen molar-refractivity contribution in [2.45, 2.75) is 238 Å². The molecule has 0 saturated carbocycles. The summed E-state index contributed by atoms with van der Waals surface area (Å²) in [7, 11) is 0. The van der Waals surface area contributed by atoms with Crippen LogP contribution in [0.3, 0.4) is 0 Å². The normalized spacial score (nSPS) is 18.4. The molecule has 1 heterocycles. The highest BCUT2D eigenvalue weighted by atomic mass is 16.5. The van der Waals surface area contributed by atoms with Gasteiger partial charge in [-0.2, -0.15) is 0 Å². The van der Waals surface area contributed by atoms with Gasteiger partial charge in [-0.05, 0) is 32.1 Å². The number of ketones is 1. The Morgan fingerprint density at radius 3 is 1.55 bits per heavy atom. The summed E-state index contributed by atoms with van der Waals surface area (Å²) in [4.78, 5) is 28.3. The van der Waals surface area contributed by atoms with Gasteiger partial charge in [0, 0.05) is 25.9 Å². The summed E-state index contributed by atoms with van der Waals surface area (Å²) >= 11 is 0. The van der Waals surface area contributed by atoms with Gasteiger partial charge < -0.3 is 14.9 Å². The molecule has 1 aliphatic heterocycles. The zero-order valence-corrected chi connectivity index (χ0v) is 31.5. The number of cyclic esters (lactones) is 1. The molecule has 1 saturated heterocycles. The zero-order chi connectivity index (χ0) is 34.4. The van der Waals surface area contributed by atoms with Crippen LogP contribution in [0.5, 0.6) is 0 Å². The van der Waals surface area contributed by atoms with Gasteiger partial charge in [0.25, 0.3) is 0 Å². The average molecular weight is 666 g/mol. The van der Waals surface area contributed by atoms with Crippen molar-refractivity contribution in [1.82, 2.24) is 4.90 Å². The molecule has 278 valence electrons. The number of carbonyl (C=O) groups is 2. The Balaban J connectivity index is 2.51. The molecule has 4 unspecified atom stereocenters. The van der Waals surface area contributed by atoms with Crippen molar-refractivity contribution >= 4 is 11.8 Å². The number of aliphatic hydroxyl groups is 2. The lowest BCUT2D eigenvalue weighted by molar-refractivity contribution is -0.169. The highest BCUT2D eigenvalue weighted by molar-refractivity contribution is 5.87. The van der Waals surface area contributed by atoms with Crippen molar-refractivity contribution in [3.8, 4) is 0 Å². The number of esters is 1. The highest BCUT2D eigenvalue weighted by Gasteiger charge is 2.38. The Morgan fingerprint density at radius 1 is 0.638 bits per heavy atom. The molecule has 0 aliphatic carbocycles. The maximum atomic E-state index is 13.3. The van der Waals surface area contributed by atoms with Crippen molar-refractivity contribution < 1.29 is 24.5 Å². The van der Waals surface area contributed by atoms with Crippen LogP contribution < -0.4 is 0 Å². The van der Waals surface area contributed by atoms with Gasteiger partial charge in [-0.25, -0.2) is 0 Å². The number of unbranched alkanes of at least 4 members (excludes halogenated alkanes) is 21. The van der Waals surface area contributed by atoms with E-state index >= 15 is 0 Å². The summed E-state index contributed by atoms with van der Waals surface area (Å²) in [5.41, 5.74) is 0. The van der Waals surface area contributed by atoms with E-state index in [-0.39, 0.29) is 30.7 Å². The summed E-state index contributed by atoms with van der Waals surface area (Å²) in [6.07, 6.45) is 31.7. The second kappa shape index (κ2) is 31.0. The van der Waals surface area contributed by atoms with E-state index in [1.54, 1.807) is 0 Å². The monoisotopic (exact) mass is 666 g/mol. The fraction of sp³-hybridized carbons (Fsp3) is 0.951. The van der Waals surface area contributed by atoms with Crippen molar-refractivity contribution in [3.63, 3.8) is 0 Å². The molecule has 47 heavy (non-hydrogen) atoms. The predicted molar refractivity (Wildman–Crippen MR) is 198 cm³/mol. The van der Waals surface area contributed by atoms with Crippen molar-refractivity contribution in [1.29, 1.82) is 0 Å². The van der Waals surface area contributed by atoms with E-state index in [0.717, 1.165) is 57.8 Å². The van der Waals surface area contributed by atoms with Gasteiger partial charge in [0.15, 0.2) is 0 Å². The number of Topliss-reactive ketones (excluding diaryl/α,β-unsaturated/α-hetero) is 1. The molecule has 0 radical (unpaired) electrons. The first-order valence-corrected chi connectivity index (χ1v) is 20.7. The minimum atomic E-state index is -0.629. The second-order valence-electron chi connectivity index (χ2n) is 14.9. The molecule has 0 aromatic heterocycles. The quantitative estimate of drug-likeness (QED) is 0.0525. The van der Waals surface area contributed by atoms with Crippen LogP contribution in [0, 0.1) is 0 Å². The molecule has 0 amide bonds. The summed E-state index contributed by atoms with van der Waals surface area (Å²) < 4.78 is 5.89. The van der Waals surface area contributed by atoms with Gasteiger partial charge >= 0.3 is 5.97 Å². The van der Waals surface area contributed by atoms with Crippen LogP contribution >= 0.6 is 0 Å². The van der Waals surface area contributed by atoms with Gasteiger partial charge in [0.1, 0.15) is 17.9 Å². The standard InChI is InChI=1S/C41H79NO5/c1-4-7-10-13-16-19-22-25-28-36(43)31-32-37(44)33-40-41(46)47-39(30-27-24-21-18-15-12-9-6-3)35-42(40)34-38(45)29-26-23-20-17-14-11-8-5-2/h36,38-40,43,45H,4-35H2,1-3H3. The minimum Gasteiger partial charge on any atom is -0.460 e. The molecule has 4 atom stereocenters. The van der Waals surface area contributed by atoms with Gasteiger partial charge in [0.05, 0.1) is 12.2 Å². The van der Waals surface area contributed by atoms with Gasteiger partial charge in [-0.3, -0.25) is 14.5 Å². The van der Waals surface area contributed by atoms with Gasteiger partial charge in [-0.15, -0.1) is 0 Å². The summed E-state index contributed by atoms with van der Waals surface area (Å²) in [5, 5.41) is 21.5. The van der Waals surface area contributed by atoms with Crippen molar-refractivity contribution in [3.05, 3.63) is 0 Å². The van der Waals surface area contributed by atoms with Gasteiger partial charge in [-0.1, -0.05) is 168 Å². The predicted octanol–water partition coefficient (Wildman–Crippen LogP) is 10.6. The van der Waals surface area contributed by atoms with Crippen molar-refractivity contribution in [2.24, 2.45) is 0 Å². The Bertz CT molecular complexity index is 729. The number of nitrogens with zero attached hydrogens (tertiary/aromatic N) is 1. The molecule has 0 aromatic carbocycles. The summed E-state index contributed by atoms with van der Waals surface area (Å²) in [6.45, 7) is 7.73. The Kier molecular flexibility index (Phi) is 29.1. The van der Waals surface area contributed by atoms with Crippen LogP contribution in [0.25, 0.3) is 0 Å². The lowest BCUT2D eigenvalue weighted by atomic mass is 9.98. The van der Waals surface area contributed by atoms with E-state index < -0.39 is 18.2 Å². The van der Waals surface area contributed by atoms with Crippen LogP contribution in [-0.4, -0.2) is 64.3 Å². The van der Waals surface area contributed by atoms with E-state index in [9.17, 15) is 19.8 Å². The van der Waals surface area contributed by atoms with Crippen LogP contribution in [0.15, 0.2) is 0 Å². The van der Waals surface area contributed by atoms with Crippen LogP contribution in [0.4, 0.5) is 0 Å². The van der Waals surface area contributed by atoms with E-state index in [1.807, 2.05) is 4.90 Å². The fourth-order valence-corrected chi connectivity index (χ4v) is 7.07. The molecule has 6 nitrogen and oxygen atoms in total. The summed E-state index contributed by atoms with van der Waals surface area (Å²) in [5.74, 6) is -0.307. The number of β-amino-alcohol motifs (C(OH)–C–C–N with tert-alkyl or cyclic N) is 1. The molecule has 6 heteroatoms.